The van der Waals surface area contributed by atoms with Gasteiger partial charge in [0, 0.05) is 6.61 Å². The van der Waals surface area contributed by atoms with Gasteiger partial charge in [-0.2, -0.15) is 0 Å². The smallest absolute Gasteiger partial charge is 0.0601 e. The van der Waals surface area contributed by atoms with Crippen LogP contribution in [0.25, 0.3) is 0 Å². The zero-order chi connectivity index (χ0) is 10.4. The third kappa shape index (κ3) is 3.97. The van der Waals surface area contributed by atoms with E-state index in [9.17, 15) is 0 Å². The van der Waals surface area contributed by atoms with E-state index < -0.39 is 0 Å². The molecule has 0 aromatic carbocycles. The lowest BCUT2D eigenvalue weighted by atomic mass is 9.90. The summed E-state index contributed by atoms with van der Waals surface area (Å²) in [6, 6.07) is 0. The molecular weight excluding hydrogens is 174 g/mol. The van der Waals surface area contributed by atoms with Crippen molar-refractivity contribution in [1.82, 2.24) is 5.32 Å². The standard InChI is InChI=1S/C12H25NO/c1-4-6-13-9-11-5-7-14-12(8-11)10(2)3/h10-13H,4-9H2,1-3H3. The van der Waals surface area contributed by atoms with Crippen molar-refractivity contribution in [2.75, 3.05) is 19.7 Å². The number of rotatable bonds is 5. The molecule has 2 unspecified atom stereocenters. The highest BCUT2D eigenvalue weighted by Crippen LogP contribution is 2.24. The molecule has 0 aromatic rings. The Labute approximate surface area is 88.4 Å². The first-order valence-corrected chi connectivity index (χ1v) is 6.06. The maximum atomic E-state index is 5.75. The van der Waals surface area contributed by atoms with Gasteiger partial charge in [-0.15, -0.1) is 0 Å². The summed E-state index contributed by atoms with van der Waals surface area (Å²) in [5.41, 5.74) is 0. The zero-order valence-electron chi connectivity index (χ0n) is 9.88. The number of hydrogen-bond donors (Lipinski definition) is 1. The Kier molecular flexibility index (Phi) is 5.49. The first-order valence-electron chi connectivity index (χ1n) is 6.06. The number of nitrogens with one attached hydrogen (secondary N) is 1. The van der Waals surface area contributed by atoms with Gasteiger partial charge in [0.25, 0.3) is 0 Å². The summed E-state index contributed by atoms with van der Waals surface area (Å²) in [4.78, 5) is 0. The van der Waals surface area contributed by atoms with Crippen LogP contribution in [0, 0.1) is 11.8 Å². The quantitative estimate of drug-likeness (QED) is 0.687. The van der Waals surface area contributed by atoms with Crippen molar-refractivity contribution in [2.24, 2.45) is 11.8 Å². The first kappa shape index (κ1) is 12.0. The van der Waals surface area contributed by atoms with E-state index in [1.54, 1.807) is 0 Å². The predicted molar refractivity (Wildman–Crippen MR) is 60.5 cm³/mol. The van der Waals surface area contributed by atoms with Crippen molar-refractivity contribution in [3.63, 3.8) is 0 Å². The van der Waals surface area contributed by atoms with Crippen molar-refractivity contribution < 1.29 is 4.74 Å². The molecule has 1 heterocycles. The molecule has 0 spiro atoms. The van der Waals surface area contributed by atoms with E-state index in [2.05, 4.69) is 26.1 Å². The highest BCUT2D eigenvalue weighted by Gasteiger charge is 2.24. The fourth-order valence-corrected chi connectivity index (χ4v) is 2.03. The highest BCUT2D eigenvalue weighted by atomic mass is 16.5. The van der Waals surface area contributed by atoms with E-state index >= 15 is 0 Å². The third-order valence-electron chi connectivity index (χ3n) is 3.03. The topological polar surface area (TPSA) is 21.3 Å². The molecule has 1 N–H and O–H groups in total. The van der Waals surface area contributed by atoms with Gasteiger partial charge in [0.15, 0.2) is 0 Å². The van der Waals surface area contributed by atoms with Crippen LogP contribution in [-0.2, 0) is 4.74 Å². The summed E-state index contributed by atoms with van der Waals surface area (Å²) in [5.74, 6) is 1.51. The maximum absolute atomic E-state index is 5.75. The minimum Gasteiger partial charge on any atom is -0.378 e. The van der Waals surface area contributed by atoms with Crippen molar-refractivity contribution in [1.29, 1.82) is 0 Å². The van der Waals surface area contributed by atoms with Crippen LogP contribution in [0.5, 0.6) is 0 Å². The molecule has 0 aliphatic carbocycles. The van der Waals surface area contributed by atoms with Crippen LogP contribution < -0.4 is 5.32 Å². The normalized spacial score (nSPS) is 28.3. The van der Waals surface area contributed by atoms with Gasteiger partial charge in [0.05, 0.1) is 6.10 Å². The summed E-state index contributed by atoms with van der Waals surface area (Å²) in [6.07, 6.45) is 4.21. The van der Waals surface area contributed by atoms with Crippen LogP contribution in [0.3, 0.4) is 0 Å². The van der Waals surface area contributed by atoms with Crippen LogP contribution >= 0.6 is 0 Å². The molecule has 0 radical (unpaired) electrons. The molecule has 0 amide bonds. The van der Waals surface area contributed by atoms with Gasteiger partial charge in [0.2, 0.25) is 0 Å². The van der Waals surface area contributed by atoms with Gasteiger partial charge in [-0.1, -0.05) is 20.8 Å². The fourth-order valence-electron chi connectivity index (χ4n) is 2.03. The van der Waals surface area contributed by atoms with Crippen molar-refractivity contribution in [2.45, 2.75) is 46.1 Å². The molecule has 1 aliphatic heterocycles. The summed E-state index contributed by atoms with van der Waals surface area (Å²) in [6.45, 7) is 10.0. The van der Waals surface area contributed by atoms with E-state index in [1.165, 1.54) is 25.8 Å². The Morgan fingerprint density at radius 2 is 2.21 bits per heavy atom. The van der Waals surface area contributed by atoms with Crippen molar-refractivity contribution >= 4 is 0 Å². The lowest BCUT2D eigenvalue weighted by Gasteiger charge is -2.32. The molecule has 1 rings (SSSR count). The van der Waals surface area contributed by atoms with E-state index in [1.807, 2.05) is 0 Å². The second-order valence-corrected chi connectivity index (χ2v) is 4.75. The Bertz CT molecular complexity index is 147. The van der Waals surface area contributed by atoms with E-state index in [4.69, 9.17) is 4.74 Å². The molecule has 2 heteroatoms. The first-order chi connectivity index (χ1) is 6.74. The lowest BCUT2D eigenvalue weighted by Crippen LogP contribution is -2.35. The van der Waals surface area contributed by atoms with Crippen LogP contribution in [-0.4, -0.2) is 25.8 Å². The molecule has 84 valence electrons. The maximum Gasteiger partial charge on any atom is 0.0601 e. The summed E-state index contributed by atoms with van der Waals surface area (Å²) in [7, 11) is 0. The second-order valence-electron chi connectivity index (χ2n) is 4.75. The van der Waals surface area contributed by atoms with E-state index in [0.717, 1.165) is 19.1 Å². The average Bonchev–Trinajstić information content (AvgIpc) is 2.19. The Morgan fingerprint density at radius 3 is 2.86 bits per heavy atom. The number of hydrogen-bond acceptors (Lipinski definition) is 2. The third-order valence-corrected chi connectivity index (χ3v) is 3.03. The Balaban J connectivity index is 2.19. The summed E-state index contributed by atoms with van der Waals surface area (Å²) >= 11 is 0. The van der Waals surface area contributed by atoms with Crippen LogP contribution in [0.15, 0.2) is 0 Å². The van der Waals surface area contributed by atoms with Gasteiger partial charge in [-0.3, -0.25) is 0 Å². The molecule has 2 atom stereocenters. The summed E-state index contributed by atoms with van der Waals surface area (Å²) < 4.78 is 5.75. The molecule has 1 fully saturated rings. The van der Waals surface area contributed by atoms with Crippen molar-refractivity contribution in [3.05, 3.63) is 0 Å². The van der Waals surface area contributed by atoms with Gasteiger partial charge >= 0.3 is 0 Å². The minimum atomic E-state index is 0.497. The van der Waals surface area contributed by atoms with E-state index in [0.29, 0.717) is 12.0 Å². The largest absolute Gasteiger partial charge is 0.378 e. The van der Waals surface area contributed by atoms with Gasteiger partial charge in [-0.25, -0.2) is 0 Å². The molecule has 0 saturated carbocycles. The fraction of sp³-hybridized carbons (Fsp3) is 1.00. The molecule has 0 aromatic heterocycles. The SMILES string of the molecule is CCCNCC1CCOC(C(C)C)C1. The Morgan fingerprint density at radius 1 is 1.43 bits per heavy atom. The van der Waals surface area contributed by atoms with Crippen molar-refractivity contribution in [3.8, 4) is 0 Å². The van der Waals surface area contributed by atoms with Gasteiger partial charge < -0.3 is 10.1 Å². The molecule has 2 nitrogen and oxygen atoms in total. The Hall–Kier alpha value is -0.0800. The van der Waals surface area contributed by atoms with Crippen LogP contribution in [0.2, 0.25) is 0 Å². The number of ether oxygens (including phenoxy) is 1. The lowest BCUT2D eigenvalue weighted by molar-refractivity contribution is -0.0335. The predicted octanol–water partition coefficient (Wildman–Crippen LogP) is 2.44. The molecular formula is C12H25NO. The van der Waals surface area contributed by atoms with E-state index in [-0.39, 0.29) is 0 Å². The van der Waals surface area contributed by atoms with Crippen LogP contribution in [0.4, 0.5) is 0 Å². The monoisotopic (exact) mass is 199 g/mol. The highest BCUT2D eigenvalue weighted by molar-refractivity contribution is 4.75. The second kappa shape index (κ2) is 6.41. The molecule has 14 heavy (non-hydrogen) atoms. The van der Waals surface area contributed by atoms with Gasteiger partial charge in [0.1, 0.15) is 0 Å². The molecule has 0 bridgehead atoms. The minimum absolute atomic E-state index is 0.497. The van der Waals surface area contributed by atoms with Gasteiger partial charge in [-0.05, 0) is 44.2 Å². The van der Waals surface area contributed by atoms with Crippen LogP contribution in [0.1, 0.15) is 40.0 Å². The molecule has 1 aliphatic rings. The molecule has 1 saturated heterocycles. The zero-order valence-corrected chi connectivity index (χ0v) is 9.88. The average molecular weight is 199 g/mol. The summed E-state index contributed by atoms with van der Waals surface area (Å²) in [5, 5.41) is 3.51.